The predicted molar refractivity (Wildman–Crippen MR) is 70.6 cm³/mol. The molecular weight excluding hydrogens is 228 g/mol. The van der Waals surface area contributed by atoms with Crippen molar-refractivity contribution >= 4 is 16.7 Å². The molecule has 1 heterocycles. The molecule has 1 atom stereocenters. The van der Waals surface area contributed by atoms with Crippen LogP contribution >= 0.6 is 0 Å². The van der Waals surface area contributed by atoms with Crippen LogP contribution in [0.5, 0.6) is 0 Å². The van der Waals surface area contributed by atoms with Crippen LogP contribution in [0.15, 0.2) is 29.4 Å². The van der Waals surface area contributed by atoms with E-state index in [0.717, 1.165) is 16.6 Å². The molecule has 1 aromatic heterocycles. The highest BCUT2D eigenvalue weighted by atomic mass is 16.1. The summed E-state index contributed by atoms with van der Waals surface area (Å²) in [4.78, 5) is 18.3. The number of Topliss-reactive ketones (excluding diaryl/α,β-unsaturated/α-hetero) is 1. The lowest BCUT2D eigenvalue weighted by Gasteiger charge is -2.07. The minimum Gasteiger partial charge on any atom is -0.358 e. The van der Waals surface area contributed by atoms with Crippen molar-refractivity contribution in [1.29, 1.82) is 0 Å². The van der Waals surface area contributed by atoms with Crippen molar-refractivity contribution in [2.24, 2.45) is 5.11 Å². The van der Waals surface area contributed by atoms with Gasteiger partial charge in [0.2, 0.25) is 0 Å². The first-order valence-corrected chi connectivity index (χ1v) is 5.84. The second kappa shape index (κ2) is 4.94. The molecule has 0 amide bonds. The van der Waals surface area contributed by atoms with Crippen LogP contribution in [0, 0.1) is 6.92 Å². The van der Waals surface area contributed by atoms with Crippen LogP contribution in [0.25, 0.3) is 21.3 Å². The molecule has 0 unspecified atom stereocenters. The number of rotatable bonds is 4. The Bertz CT molecular complexity index is 637. The minimum atomic E-state index is -0.632. The summed E-state index contributed by atoms with van der Waals surface area (Å²) in [6.45, 7) is 3.69. The molecule has 0 bridgehead atoms. The monoisotopic (exact) mass is 242 g/mol. The molecule has 2 rings (SSSR count). The van der Waals surface area contributed by atoms with E-state index in [1.165, 1.54) is 0 Å². The topological polar surface area (TPSA) is 81.6 Å². The van der Waals surface area contributed by atoms with Crippen molar-refractivity contribution in [3.8, 4) is 0 Å². The first-order chi connectivity index (χ1) is 8.69. The van der Waals surface area contributed by atoms with Crippen LogP contribution in [0.4, 0.5) is 0 Å². The third kappa shape index (κ3) is 1.96. The first kappa shape index (κ1) is 12.2. The van der Waals surface area contributed by atoms with E-state index < -0.39 is 6.04 Å². The van der Waals surface area contributed by atoms with Gasteiger partial charge in [0.1, 0.15) is 6.04 Å². The maximum Gasteiger partial charge on any atom is 0.174 e. The van der Waals surface area contributed by atoms with E-state index in [4.69, 9.17) is 5.53 Å². The van der Waals surface area contributed by atoms with E-state index in [2.05, 4.69) is 15.0 Å². The second-order valence-corrected chi connectivity index (χ2v) is 4.16. The molecule has 1 N–H and O–H groups in total. The summed E-state index contributed by atoms with van der Waals surface area (Å²) in [5, 5.41) is 4.44. The van der Waals surface area contributed by atoms with Crippen molar-refractivity contribution in [3.63, 3.8) is 0 Å². The number of aryl methyl sites for hydroxylation is 1. The number of benzene rings is 1. The summed E-state index contributed by atoms with van der Waals surface area (Å²) in [6, 6.07) is 6.99. The zero-order valence-electron chi connectivity index (χ0n) is 10.3. The quantitative estimate of drug-likeness (QED) is 0.376. The summed E-state index contributed by atoms with van der Waals surface area (Å²) < 4.78 is 0. The van der Waals surface area contributed by atoms with Gasteiger partial charge >= 0.3 is 0 Å². The average molecular weight is 242 g/mol. The molecule has 0 aliphatic carbocycles. The number of azide groups is 1. The number of H-pyrrole nitrogens is 1. The van der Waals surface area contributed by atoms with Gasteiger partial charge in [-0.05, 0) is 24.9 Å². The number of ketones is 1. The molecule has 92 valence electrons. The standard InChI is InChI=1S/C13H14N4O/c1-3-10(16-17-14)13(18)12-8(2)15-11-7-5-4-6-9(11)12/h4-7,10,15H,3H2,1-2H3/t10-/m0/s1. The van der Waals surface area contributed by atoms with Gasteiger partial charge in [-0.25, -0.2) is 0 Å². The van der Waals surface area contributed by atoms with Crippen LogP contribution in [0.1, 0.15) is 29.4 Å². The van der Waals surface area contributed by atoms with E-state index in [0.29, 0.717) is 12.0 Å². The molecular formula is C13H14N4O. The van der Waals surface area contributed by atoms with Crippen LogP contribution in [-0.4, -0.2) is 16.8 Å². The first-order valence-electron chi connectivity index (χ1n) is 5.84. The number of para-hydroxylation sites is 1. The molecule has 18 heavy (non-hydrogen) atoms. The number of carbonyl (C=O) groups is 1. The van der Waals surface area contributed by atoms with Gasteiger partial charge in [-0.2, -0.15) is 0 Å². The predicted octanol–water partition coefficient (Wildman–Crippen LogP) is 3.75. The van der Waals surface area contributed by atoms with Crippen LogP contribution < -0.4 is 0 Å². The van der Waals surface area contributed by atoms with Gasteiger partial charge in [0, 0.05) is 27.1 Å². The number of hydrogen-bond acceptors (Lipinski definition) is 2. The molecule has 5 heteroatoms. The smallest absolute Gasteiger partial charge is 0.174 e. The van der Waals surface area contributed by atoms with Crippen molar-refractivity contribution in [1.82, 2.24) is 4.98 Å². The zero-order chi connectivity index (χ0) is 13.1. The number of fused-ring (bicyclic) bond motifs is 1. The molecule has 0 spiro atoms. The van der Waals surface area contributed by atoms with E-state index in [1.807, 2.05) is 38.1 Å². The Hall–Kier alpha value is -2.26. The Morgan fingerprint density at radius 2 is 2.22 bits per heavy atom. The number of nitrogens with zero attached hydrogens (tertiary/aromatic N) is 3. The van der Waals surface area contributed by atoms with Crippen LogP contribution in [-0.2, 0) is 0 Å². The van der Waals surface area contributed by atoms with Crippen LogP contribution in [0.2, 0.25) is 0 Å². The molecule has 0 aliphatic rings. The molecule has 2 aromatic rings. The molecule has 1 aromatic carbocycles. The Balaban J connectivity index is 2.56. The van der Waals surface area contributed by atoms with Gasteiger partial charge in [0.15, 0.2) is 5.78 Å². The van der Waals surface area contributed by atoms with E-state index in [-0.39, 0.29) is 5.78 Å². The van der Waals surface area contributed by atoms with Crippen molar-refractivity contribution < 1.29 is 4.79 Å². The van der Waals surface area contributed by atoms with Gasteiger partial charge in [0.05, 0.1) is 0 Å². The van der Waals surface area contributed by atoms with Gasteiger partial charge < -0.3 is 4.98 Å². The number of nitrogens with one attached hydrogen (secondary N) is 1. The molecule has 0 saturated carbocycles. The van der Waals surface area contributed by atoms with Gasteiger partial charge in [-0.15, -0.1) is 0 Å². The third-order valence-corrected chi connectivity index (χ3v) is 3.02. The van der Waals surface area contributed by atoms with Gasteiger partial charge in [-0.1, -0.05) is 30.2 Å². The van der Waals surface area contributed by atoms with E-state index in [1.54, 1.807) is 0 Å². The number of carbonyl (C=O) groups excluding carboxylic acids is 1. The third-order valence-electron chi connectivity index (χ3n) is 3.02. The highest BCUT2D eigenvalue weighted by molar-refractivity contribution is 6.11. The lowest BCUT2D eigenvalue weighted by molar-refractivity contribution is 0.0961. The SMILES string of the molecule is CC[C@H](N=[N+]=[N-])C(=O)c1c(C)[nH]c2ccccc12. The Kier molecular flexibility index (Phi) is 3.35. The van der Waals surface area contributed by atoms with Crippen molar-refractivity contribution in [2.45, 2.75) is 26.3 Å². The lowest BCUT2D eigenvalue weighted by Crippen LogP contribution is -2.17. The summed E-state index contributed by atoms with van der Waals surface area (Å²) in [6.07, 6.45) is 0.502. The Morgan fingerprint density at radius 3 is 2.89 bits per heavy atom. The zero-order valence-corrected chi connectivity index (χ0v) is 10.3. The van der Waals surface area contributed by atoms with Gasteiger partial charge in [-0.3, -0.25) is 4.79 Å². The summed E-state index contributed by atoms with van der Waals surface area (Å²) in [7, 11) is 0. The number of aromatic amines is 1. The minimum absolute atomic E-state index is 0.120. The fraction of sp³-hybridized carbons (Fsp3) is 0.308. The fourth-order valence-electron chi connectivity index (χ4n) is 2.14. The maximum absolute atomic E-state index is 12.4. The molecule has 0 radical (unpaired) electrons. The highest BCUT2D eigenvalue weighted by Gasteiger charge is 2.22. The van der Waals surface area contributed by atoms with E-state index in [9.17, 15) is 4.79 Å². The van der Waals surface area contributed by atoms with Gasteiger partial charge in [0.25, 0.3) is 0 Å². The van der Waals surface area contributed by atoms with Crippen LogP contribution in [0.3, 0.4) is 0 Å². The summed E-state index contributed by atoms with van der Waals surface area (Å²) in [5.41, 5.74) is 10.9. The summed E-state index contributed by atoms with van der Waals surface area (Å²) in [5.74, 6) is -0.120. The fourth-order valence-corrected chi connectivity index (χ4v) is 2.14. The Labute approximate surface area is 104 Å². The maximum atomic E-state index is 12.4. The second-order valence-electron chi connectivity index (χ2n) is 4.16. The number of aromatic nitrogens is 1. The number of hydrogen-bond donors (Lipinski definition) is 1. The Morgan fingerprint density at radius 1 is 1.50 bits per heavy atom. The largest absolute Gasteiger partial charge is 0.358 e. The lowest BCUT2D eigenvalue weighted by atomic mass is 10.00. The molecule has 0 saturated heterocycles. The normalized spacial score (nSPS) is 12.1. The van der Waals surface area contributed by atoms with Crippen molar-refractivity contribution in [2.75, 3.05) is 0 Å². The highest BCUT2D eigenvalue weighted by Crippen LogP contribution is 2.24. The molecule has 5 nitrogen and oxygen atoms in total. The van der Waals surface area contributed by atoms with Crippen molar-refractivity contribution in [3.05, 3.63) is 46.0 Å². The summed E-state index contributed by atoms with van der Waals surface area (Å²) >= 11 is 0. The average Bonchev–Trinajstić information content (AvgIpc) is 2.71. The van der Waals surface area contributed by atoms with E-state index >= 15 is 0 Å². The molecule has 0 fully saturated rings. The molecule has 0 aliphatic heterocycles.